The highest BCUT2D eigenvalue weighted by atomic mass is 16.3. The number of benzene rings is 2. The Balaban J connectivity index is 2.01. The summed E-state index contributed by atoms with van der Waals surface area (Å²) in [5.41, 5.74) is 6.59. The number of H-pyrrole nitrogens is 1. The van der Waals surface area contributed by atoms with Crippen molar-refractivity contribution in [3.63, 3.8) is 0 Å². The fourth-order valence-electron chi connectivity index (χ4n) is 2.92. The molecule has 0 radical (unpaired) electrons. The minimum Gasteiger partial charge on any atom is -0.493 e. The fraction of sp³-hybridized carbons (Fsp3) is 0.190. The largest absolute Gasteiger partial charge is 0.493 e. The molecule has 0 amide bonds. The summed E-state index contributed by atoms with van der Waals surface area (Å²) in [7, 11) is 0. The van der Waals surface area contributed by atoms with Crippen LogP contribution in [-0.2, 0) is 0 Å². The lowest BCUT2D eigenvalue weighted by molar-refractivity contribution is 0.430. The number of hydrazone groups is 1. The minimum atomic E-state index is -0.714. The van der Waals surface area contributed by atoms with Crippen molar-refractivity contribution >= 4 is 11.9 Å². The average Bonchev–Trinajstić information content (AvgIpc) is 2.62. The van der Waals surface area contributed by atoms with Crippen molar-refractivity contribution in [2.75, 3.05) is 5.43 Å². The Kier molecular flexibility index (Phi) is 5.17. The molecule has 0 aliphatic carbocycles. The van der Waals surface area contributed by atoms with E-state index >= 15 is 0 Å². The van der Waals surface area contributed by atoms with Gasteiger partial charge in [-0.1, -0.05) is 23.8 Å². The van der Waals surface area contributed by atoms with Gasteiger partial charge in [-0.25, -0.2) is 9.36 Å². The zero-order chi connectivity index (χ0) is 20.4. The van der Waals surface area contributed by atoms with Crippen LogP contribution in [-0.4, -0.2) is 20.9 Å². The quantitative estimate of drug-likeness (QED) is 0.480. The molecule has 7 nitrogen and oxygen atoms in total. The topological polar surface area (TPSA) is 99.5 Å². The van der Waals surface area contributed by atoms with E-state index < -0.39 is 17.1 Å². The second-order valence-corrected chi connectivity index (χ2v) is 6.79. The second-order valence-electron chi connectivity index (χ2n) is 6.79. The summed E-state index contributed by atoms with van der Waals surface area (Å²) >= 11 is 0. The number of anilines is 1. The van der Waals surface area contributed by atoms with E-state index in [9.17, 15) is 14.7 Å². The summed E-state index contributed by atoms with van der Waals surface area (Å²) < 4.78 is 1.06. The van der Waals surface area contributed by atoms with Gasteiger partial charge in [0.2, 0.25) is 5.88 Å². The van der Waals surface area contributed by atoms with Crippen LogP contribution in [0.2, 0.25) is 0 Å². The van der Waals surface area contributed by atoms with Gasteiger partial charge in [0.15, 0.2) is 0 Å². The van der Waals surface area contributed by atoms with Crippen LogP contribution >= 0.6 is 0 Å². The fourth-order valence-corrected chi connectivity index (χ4v) is 2.92. The molecule has 144 valence electrons. The van der Waals surface area contributed by atoms with E-state index in [1.54, 1.807) is 6.07 Å². The molecule has 3 aromatic rings. The summed E-state index contributed by atoms with van der Waals surface area (Å²) in [6, 6.07) is 11.2. The predicted molar refractivity (Wildman–Crippen MR) is 111 cm³/mol. The van der Waals surface area contributed by atoms with Crippen LogP contribution in [0.25, 0.3) is 5.69 Å². The van der Waals surface area contributed by atoms with E-state index in [0.717, 1.165) is 32.5 Å². The Morgan fingerprint density at radius 1 is 1.00 bits per heavy atom. The summed E-state index contributed by atoms with van der Waals surface area (Å²) in [5, 5.41) is 14.6. The van der Waals surface area contributed by atoms with E-state index in [-0.39, 0.29) is 5.56 Å². The number of nitrogens with one attached hydrogen (secondary N) is 2. The first-order chi connectivity index (χ1) is 13.3. The SMILES string of the molecule is Cc1ccc(-n2c(O)c(C=NNc3ccc(C)c(C)c3)c(=O)[nH]c2=O)c(C)c1. The number of hydrogen-bond donors (Lipinski definition) is 3. The van der Waals surface area contributed by atoms with Crippen molar-refractivity contribution in [3.05, 3.63) is 85.1 Å². The number of nitrogens with zero attached hydrogens (tertiary/aromatic N) is 2. The van der Waals surface area contributed by atoms with Gasteiger partial charge in [-0.05, 0) is 62.6 Å². The average molecular weight is 378 g/mol. The molecule has 0 saturated carbocycles. The maximum absolute atomic E-state index is 12.3. The van der Waals surface area contributed by atoms with Gasteiger partial charge in [0.1, 0.15) is 5.56 Å². The van der Waals surface area contributed by atoms with Gasteiger partial charge >= 0.3 is 5.69 Å². The molecule has 1 aromatic heterocycles. The molecule has 0 atom stereocenters. The highest BCUT2D eigenvalue weighted by Gasteiger charge is 2.15. The molecular formula is C21H22N4O3. The van der Waals surface area contributed by atoms with Crippen LogP contribution < -0.4 is 16.7 Å². The molecule has 0 saturated heterocycles. The maximum Gasteiger partial charge on any atom is 0.335 e. The standard InChI is InChI=1S/C21H22N4O3/c1-12-5-8-18(15(4)9-12)25-20(27)17(19(26)23-21(25)28)11-22-24-16-7-6-13(2)14(3)10-16/h5-11,24,27H,1-4H3,(H,23,26,28). The molecule has 1 heterocycles. The van der Waals surface area contributed by atoms with E-state index in [2.05, 4.69) is 15.5 Å². The Morgan fingerprint density at radius 2 is 1.75 bits per heavy atom. The van der Waals surface area contributed by atoms with Crippen LogP contribution in [0.5, 0.6) is 5.88 Å². The smallest absolute Gasteiger partial charge is 0.335 e. The van der Waals surface area contributed by atoms with Crippen molar-refractivity contribution < 1.29 is 5.11 Å². The van der Waals surface area contributed by atoms with Crippen LogP contribution in [0.4, 0.5) is 5.69 Å². The Morgan fingerprint density at radius 3 is 2.43 bits per heavy atom. The van der Waals surface area contributed by atoms with Crippen molar-refractivity contribution in [2.24, 2.45) is 5.10 Å². The van der Waals surface area contributed by atoms with Gasteiger partial charge in [0, 0.05) is 0 Å². The third kappa shape index (κ3) is 3.73. The Hall–Kier alpha value is -3.61. The molecule has 0 bridgehead atoms. The third-order valence-electron chi connectivity index (χ3n) is 4.61. The lowest BCUT2D eigenvalue weighted by atomic mass is 10.1. The summed E-state index contributed by atoms with van der Waals surface area (Å²) in [6.07, 6.45) is 1.20. The molecule has 28 heavy (non-hydrogen) atoms. The highest BCUT2D eigenvalue weighted by molar-refractivity contribution is 5.82. The molecule has 7 heteroatoms. The number of rotatable bonds is 4. The van der Waals surface area contributed by atoms with Gasteiger partial charge in [0.25, 0.3) is 5.56 Å². The molecule has 3 N–H and O–H groups in total. The lowest BCUT2D eigenvalue weighted by Gasteiger charge is -2.12. The van der Waals surface area contributed by atoms with Crippen LogP contribution in [0.15, 0.2) is 51.1 Å². The molecule has 0 aliphatic heterocycles. The van der Waals surface area contributed by atoms with Crippen molar-refractivity contribution in [1.29, 1.82) is 0 Å². The molecule has 2 aromatic carbocycles. The zero-order valence-corrected chi connectivity index (χ0v) is 16.2. The molecule has 0 aliphatic rings. The molecule has 0 unspecified atom stereocenters. The van der Waals surface area contributed by atoms with Crippen molar-refractivity contribution in [1.82, 2.24) is 9.55 Å². The minimum absolute atomic E-state index is 0.115. The first kappa shape index (κ1) is 19.2. The maximum atomic E-state index is 12.3. The molecule has 3 rings (SSSR count). The first-order valence-corrected chi connectivity index (χ1v) is 8.80. The normalized spacial score (nSPS) is 11.1. The second kappa shape index (κ2) is 7.56. The van der Waals surface area contributed by atoms with E-state index in [0.29, 0.717) is 5.69 Å². The van der Waals surface area contributed by atoms with E-state index in [4.69, 9.17) is 0 Å². The predicted octanol–water partition coefficient (Wildman–Crippen LogP) is 2.91. The van der Waals surface area contributed by atoms with Crippen LogP contribution in [0, 0.1) is 27.7 Å². The zero-order valence-electron chi connectivity index (χ0n) is 16.2. The Labute approximate surface area is 162 Å². The van der Waals surface area contributed by atoms with Crippen molar-refractivity contribution in [3.8, 4) is 11.6 Å². The van der Waals surface area contributed by atoms with Crippen LogP contribution in [0.1, 0.15) is 27.8 Å². The number of hydrogen-bond acceptors (Lipinski definition) is 5. The first-order valence-electron chi connectivity index (χ1n) is 8.80. The third-order valence-corrected chi connectivity index (χ3v) is 4.61. The lowest BCUT2D eigenvalue weighted by Crippen LogP contribution is -2.31. The summed E-state index contributed by atoms with van der Waals surface area (Å²) in [6.45, 7) is 7.76. The summed E-state index contributed by atoms with van der Waals surface area (Å²) in [5.74, 6) is -0.466. The monoisotopic (exact) mass is 378 g/mol. The number of aromatic hydroxyl groups is 1. The van der Waals surface area contributed by atoms with Gasteiger partial charge in [-0.15, -0.1) is 0 Å². The molecular weight excluding hydrogens is 356 g/mol. The highest BCUT2D eigenvalue weighted by Crippen LogP contribution is 2.20. The van der Waals surface area contributed by atoms with Gasteiger partial charge in [-0.2, -0.15) is 5.10 Å². The molecule has 0 fully saturated rings. The summed E-state index contributed by atoms with van der Waals surface area (Å²) in [4.78, 5) is 26.7. The number of aromatic nitrogens is 2. The van der Waals surface area contributed by atoms with E-state index in [1.165, 1.54) is 6.21 Å². The van der Waals surface area contributed by atoms with Gasteiger partial charge in [-0.3, -0.25) is 15.2 Å². The van der Waals surface area contributed by atoms with Gasteiger partial charge in [0.05, 0.1) is 17.6 Å². The van der Waals surface area contributed by atoms with Crippen molar-refractivity contribution in [2.45, 2.75) is 27.7 Å². The van der Waals surface area contributed by atoms with Gasteiger partial charge < -0.3 is 5.11 Å². The number of aryl methyl sites for hydroxylation is 4. The Bertz CT molecular complexity index is 1190. The van der Waals surface area contributed by atoms with Crippen LogP contribution in [0.3, 0.4) is 0 Å². The molecule has 0 spiro atoms. The number of aromatic amines is 1. The van der Waals surface area contributed by atoms with E-state index in [1.807, 2.05) is 58.0 Å².